The molecule has 3 N–H and O–H groups in total. The number of aryl methyl sites for hydroxylation is 1. The summed E-state index contributed by atoms with van der Waals surface area (Å²) in [5.74, 6) is 5.42. The van der Waals surface area contributed by atoms with Crippen molar-refractivity contribution in [3.05, 3.63) is 260 Å². The molecule has 0 unspecified atom stereocenters. The van der Waals surface area contributed by atoms with Crippen LogP contribution < -0.4 is 11.3 Å². The number of pyridine rings is 3. The molecule has 0 atom stereocenters. The fourth-order valence-electron chi connectivity index (χ4n) is 6.78. The molecule has 320 valence electrons. The summed E-state index contributed by atoms with van der Waals surface area (Å²) >= 11 is 21.4. The fourth-order valence-corrected chi connectivity index (χ4v) is 8.19. The lowest BCUT2D eigenvalue weighted by molar-refractivity contribution is 1.24. The van der Waals surface area contributed by atoms with Gasteiger partial charge in [0.25, 0.3) is 0 Å². The molecule has 10 aromatic rings. The number of benzene rings is 7. The highest BCUT2D eigenvalue weighted by molar-refractivity contribution is 9.10. The van der Waals surface area contributed by atoms with E-state index in [2.05, 4.69) is 41.4 Å². The summed E-state index contributed by atoms with van der Waals surface area (Å²) in [6.45, 7) is 2.04. The van der Waals surface area contributed by atoms with Crippen molar-refractivity contribution in [3.63, 3.8) is 0 Å². The van der Waals surface area contributed by atoms with Crippen LogP contribution in [0.15, 0.2) is 227 Å². The number of aromatic nitrogens is 3. The first-order valence-corrected chi connectivity index (χ1v) is 22.3. The van der Waals surface area contributed by atoms with Gasteiger partial charge in [0.1, 0.15) is 0 Å². The fraction of sp³-hybridized carbons (Fsp3) is 0.0185. The quantitative estimate of drug-likeness (QED) is 0.0982. The van der Waals surface area contributed by atoms with Crippen molar-refractivity contribution in [2.75, 3.05) is 5.43 Å². The van der Waals surface area contributed by atoms with E-state index in [9.17, 15) is 0 Å². The van der Waals surface area contributed by atoms with E-state index in [0.717, 1.165) is 76.2 Å². The third kappa shape index (κ3) is 12.6. The van der Waals surface area contributed by atoms with Crippen LogP contribution in [0.1, 0.15) is 27.8 Å². The molecular formula is C54H41BrCl3N7. The summed E-state index contributed by atoms with van der Waals surface area (Å²) in [4.78, 5) is 12.8. The first-order chi connectivity index (χ1) is 31.8. The highest BCUT2D eigenvalue weighted by Gasteiger charge is 2.09. The van der Waals surface area contributed by atoms with Crippen LogP contribution in [0.4, 0.5) is 5.69 Å². The van der Waals surface area contributed by atoms with Crippen LogP contribution in [0.5, 0.6) is 0 Å². The maximum Gasteiger partial charge on any atom is 0.0977 e. The molecule has 3 heterocycles. The predicted octanol–water partition coefficient (Wildman–Crippen LogP) is 15.0. The molecule has 0 aliphatic carbocycles. The van der Waals surface area contributed by atoms with Gasteiger partial charge < -0.3 is 5.84 Å². The van der Waals surface area contributed by atoms with Crippen molar-refractivity contribution in [1.29, 1.82) is 0 Å². The number of hydrazone groups is 2. The van der Waals surface area contributed by atoms with Crippen molar-refractivity contribution in [2.45, 2.75) is 6.92 Å². The molecule has 7 nitrogen and oxygen atoms in total. The van der Waals surface area contributed by atoms with Gasteiger partial charge >= 0.3 is 0 Å². The molecule has 0 saturated carbocycles. The monoisotopic (exact) mass is 971 g/mol. The zero-order valence-electron chi connectivity index (χ0n) is 35.0. The lowest BCUT2D eigenvalue weighted by atomic mass is 10.0. The second kappa shape index (κ2) is 23.1. The van der Waals surface area contributed by atoms with Crippen LogP contribution in [0.3, 0.4) is 0 Å². The van der Waals surface area contributed by atoms with Gasteiger partial charge in [-0.3, -0.25) is 20.4 Å². The van der Waals surface area contributed by atoms with Crippen LogP contribution in [0.2, 0.25) is 15.1 Å². The van der Waals surface area contributed by atoms with Gasteiger partial charge in [-0.25, -0.2) is 0 Å². The van der Waals surface area contributed by atoms with Gasteiger partial charge in [0.05, 0.1) is 33.7 Å². The third-order valence-corrected chi connectivity index (χ3v) is 11.1. The molecule has 65 heavy (non-hydrogen) atoms. The molecule has 0 aliphatic rings. The minimum Gasteiger partial charge on any atom is -0.323 e. The Bertz CT molecular complexity index is 3030. The molecule has 0 radical (unpaired) electrons. The van der Waals surface area contributed by atoms with Crippen molar-refractivity contribution in [2.24, 2.45) is 16.0 Å². The Morgan fingerprint density at radius 3 is 1.32 bits per heavy atom. The molecule has 0 spiro atoms. The molecule has 0 saturated heterocycles. The summed E-state index contributed by atoms with van der Waals surface area (Å²) < 4.78 is 0.984. The normalized spacial score (nSPS) is 10.3. The van der Waals surface area contributed by atoms with Crippen LogP contribution in [-0.4, -0.2) is 26.4 Å². The second-order valence-corrected chi connectivity index (χ2v) is 16.5. The summed E-state index contributed by atoms with van der Waals surface area (Å²) in [5.41, 5.74) is 13.7. The summed E-state index contributed by atoms with van der Waals surface area (Å²) in [6, 6.07) is 63.1. The van der Waals surface area contributed by atoms with Gasteiger partial charge in [-0.15, -0.1) is 0 Å². The van der Waals surface area contributed by atoms with Gasteiger partial charge in [0.2, 0.25) is 0 Å². The topological polar surface area (TPSA) is 101 Å². The molecule has 3 aromatic heterocycles. The van der Waals surface area contributed by atoms with E-state index in [0.29, 0.717) is 10.0 Å². The Morgan fingerprint density at radius 1 is 0.462 bits per heavy atom. The van der Waals surface area contributed by atoms with Gasteiger partial charge in [0.15, 0.2) is 0 Å². The number of hydrogen-bond donors (Lipinski definition) is 2. The number of nitrogens with zero attached hydrogens (tertiary/aromatic N) is 5. The maximum atomic E-state index is 6.24. The minimum absolute atomic E-state index is 0.620. The lowest BCUT2D eigenvalue weighted by Gasteiger charge is -2.10. The van der Waals surface area contributed by atoms with Gasteiger partial charge in [-0.1, -0.05) is 184 Å². The van der Waals surface area contributed by atoms with Crippen LogP contribution in [0.25, 0.3) is 32.7 Å². The summed E-state index contributed by atoms with van der Waals surface area (Å²) in [5, 5.41) is 13.8. The molecule has 0 aliphatic heterocycles. The van der Waals surface area contributed by atoms with Crippen molar-refractivity contribution < 1.29 is 0 Å². The van der Waals surface area contributed by atoms with Crippen molar-refractivity contribution in [3.8, 4) is 0 Å². The van der Waals surface area contributed by atoms with E-state index in [1.807, 2.05) is 201 Å². The zero-order chi connectivity index (χ0) is 45.4. The molecular weight excluding hydrogens is 933 g/mol. The van der Waals surface area contributed by atoms with E-state index in [4.69, 9.17) is 45.7 Å². The molecule has 10 rings (SSSR count). The number of hydrogen-bond acceptors (Lipinski definition) is 7. The summed E-state index contributed by atoms with van der Waals surface area (Å²) in [7, 11) is 0. The van der Waals surface area contributed by atoms with E-state index >= 15 is 0 Å². The van der Waals surface area contributed by atoms with Crippen molar-refractivity contribution >= 4 is 101 Å². The number of halogens is 4. The lowest BCUT2D eigenvalue weighted by Crippen LogP contribution is -2.06. The van der Waals surface area contributed by atoms with Crippen LogP contribution >= 0.6 is 50.7 Å². The average molecular weight is 974 g/mol. The number of nitrogens with two attached hydrogens (primary N) is 1. The van der Waals surface area contributed by atoms with Crippen LogP contribution in [0, 0.1) is 6.92 Å². The number of anilines is 1. The number of nitrogens with one attached hydrogen (secondary N) is 1. The Labute approximate surface area is 401 Å². The average Bonchev–Trinajstić information content (AvgIpc) is 3.34. The number of rotatable bonds is 6. The van der Waals surface area contributed by atoms with Crippen LogP contribution in [-0.2, 0) is 0 Å². The first-order valence-electron chi connectivity index (χ1n) is 20.4. The predicted molar refractivity (Wildman–Crippen MR) is 278 cm³/mol. The van der Waals surface area contributed by atoms with Gasteiger partial charge in [-0.2, -0.15) is 10.2 Å². The number of fused-ring (bicyclic) bond motifs is 3. The van der Waals surface area contributed by atoms with Gasteiger partial charge in [-0.05, 0) is 73.2 Å². The van der Waals surface area contributed by atoms with E-state index in [1.165, 1.54) is 10.9 Å². The van der Waals surface area contributed by atoms with E-state index in [1.54, 1.807) is 18.6 Å². The maximum absolute atomic E-state index is 6.24. The molecule has 7 aromatic carbocycles. The molecule has 0 amide bonds. The highest BCUT2D eigenvalue weighted by atomic mass is 79.9. The van der Waals surface area contributed by atoms with E-state index < -0.39 is 0 Å². The Hall–Kier alpha value is -6.94. The zero-order valence-corrected chi connectivity index (χ0v) is 38.9. The van der Waals surface area contributed by atoms with Gasteiger partial charge in [0, 0.05) is 76.5 Å². The highest BCUT2D eigenvalue weighted by Crippen LogP contribution is 2.28. The minimum atomic E-state index is 0.620. The standard InChI is InChI=1S/C22H16ClN3.C13H12N2.C10H8ClN.C9H5BrClN/c23-18-14-20-19(12-7-13-24-20)21(15-18)25-26-22(16-8-3-1-4-9-16)17-10-5-2-6-11-17;14-15-13(11-7-3-1-4-8-11)12-9-5-2-6-10-12;1-7-5-8(11)6-10-9(7)3-2-4-12-10;10-8-4-6(11)5-9-7(8)2-1-3-12-9/h1-15,25H;1-10H,14H2;2-6H,1H3;1-5H. The van der Waals surface area contributed by atoms with E-state index in [-0.39, 0.29) is 0 Å². The van der Waals surface area contributed by atoms with Crippen molar-refractivity contribution in [1.82, 2.24) is 15.0 Å². The Balaban J connectivity index is 0.000000138. The Morgan fingerprint density at radius 2 is 0.846 bits per heavy atom. The molecule has 11 heteroatoms. The third-order valence-electron chi connectivity index (χ3n) is 9.82. The first kappa shape index (κ1) is 46.1. The molecule has 0 bridgehead atoms. The largest absolute Gasteiger partial charge is 0.323 e. The Kier molecular flexibility index (Phi) is 16.4. The molecule has 0 fully saturated rings. The SMILES string of the molecule is Cc1cc(Cl)cc2ncccc12.Clc1cc(Br)c2cccnc2c1.Clc1cc(NN=C(c2ccccc2)c2ccccc2)c2cccnc2c1.NN=C(c1ccccc1)c1ccccc1. The smallest absolute Gasteiger partial charge is 0.0977 e. The second-order valence-electron chi connectivity index (χ2n) is 14.3. The summed E-state index contributed by atoms with van der Waals surface area (Å²) in [6.07, 6.45) is 5.29.